The third kappa shape index (κ3) is 6.08. The lowest BCUT2D eigenvalue weighted by Crippen LogP contribution is -2.27. The Morgan fingerprint density at radius 1 is 0.218 bits per heavy atom. The van der Waals surface area contributed by atoms with Gasteiger partial charge >= 0.3 is 0 Å². The second kappa shape index (κ2) is 17.0. The fourth-order valence-corrected chi connectivity index (χ4v) is 14.3. The monoisotopic (exact) mass is 990 g/mol. The van der Waals surface area contributed by atoms with Crippen molar-refractivity contribution >= 4 is 39.7 Å². The van der Waals surface area contributed by atoms with Crippen molar-refractivity contribution in [2.45, 2.75) is 10.8 Å². The van der Waals surface area contributed by atoms with Crippen molar-refractivity contribution in [2.24, 2.45) is 0 Å². The van der Waals surface area contributed by atoms with Crippen LogP contribution in [-0.2, 0) is 10.8 Å². The third-order valence-corrected chi connectivity index (χ3v) is 17.4. The number of benzene rings is 12. The molecule has 0 N–H and O–H groups in total. The van der Waals surface area contributed by atoms with Crippen LogP contribution in [0.25, 0.3) is 50.1 Å². The molecule has 12 aromatic rings. The summed E-state index contributed by atoms with van der Waals surface area (Å²) in [5, 5.41) is 0. The summed E-state index contributed by atoms with van der Waals surface area (Å²) in [7, 11) is 0. The van der Waals surface area contributed by atoms with Crippen LogP contribution in [0.5, 0.6) is 0 Å². The number of hydrogen-bond acceptors (Lipinski definition) is 2. The largest absolute Gasteiger partial charge is 0.310 e. The number of anilines is 6. The minimum absolute atomic E-state index is 0.452. The Morgan fingerprint density at radius 2 is 0.462 bits per heavy atom. The summed E-state index contributed by atoms with van der Waals surface area (Å²) in [6.07, 6.45) is 0. The van der Waals surface area contributed by atoms with E-state index >= 15 is 0 Å². The average molecular weight is 991 g/mol. The van der Waals surface area contributed by atoms with Crippen LogP contribution in [0, 0.1) is 0 Å². The number of fused-ring (bicyclic) bond motifs is 20. The van der Waals surface area contributed by atoms with E-state index in [1.807, 2.05) is 0 Å². The molecule has 0 fully saturated rings. The Labute approximate surface area is 455 Å². The van der Waals surface area contributed by atoms with Gasteiger partial charge < -0.3 is 9.80 Å². The summed E-state index contributed by atoms with van der Waals surface area (Å²) in [4.78, 5) is 4.80. The predicted molar refractivity (Wildman–Crippen MR) is 323 cm³/mol. The van der Waals surface area contributed by atoms with Gasteiger partial charge in [-0.25, -0.2) is 0 Å². The molecule has 4 aliphatic carbocycles. The first-order chi connectivity index (χ1) is 38.6. The van der Waals surface area contributed by atoms with E-state index < -0.39 is 10.8 Å². The first-order valence-electron chi connectivity index (χ1n) is 27.1. The lowest BCUT2D eigenvalue weighted by molar-refractivity contribution is 0.792. The van der Waals surface area contributed by atoms with Crippen molar-refractivity contribution in [2.75, 3.05) is 9.80 Å². The van der Waals surface area contributed by atoms with Crippen molar-refractivity contribution in [1.82, 2.24) is 0 Å². The fraction of sp³-hybridized carbons (Fsp3) is 0.0263. The van der Waals surface area contributed by atoms with Gasteiger partial charge in [-0.2, -0.15) is 0 Å². The van der Waals surface area contributed by atoms with Crippen LogP contribution < -0.4 is 9.80 Å². The highest BCUT2D eigenvalue weighted by Crippen LogP contribution is 2.66. The highest BCUT2D eigenvalue weighted by Gasteiger charge is 2.54. The molecule has 0 radical (unpaired) electrons. The number of rotatable bonds is 8. The third-order valence-electron chi connectivity index (χ3n) is 17.4. The highest BCUT2D eigenvalue weighted by atomic mass is 15.1. The lowest BCUT2D eigenvalue weighted by atomic mass is 9.69. The lowest BCUT2D eigenvalue weighted by Gasteiger charge is -2.33. The molecule has 2 nitrogen and oxygen atoms in total. The molecule has 4 aliphatic rings. The van der Waals surface area contributed by atoms with Crippen LogP contribution in [0.1, 0.15) is 55.6 Å². The van der Waals surface area contributed by atoms with E-state index in [0.717, 1.165) is 50.8 Å². The van der Waals surface area contributed by atoms with Gasteiger partial charge in [-0.1, -0.05) is 213 Å². The van der Waals surface area contributed by atoms with Crippen molar-refractivity contribution in [3.8, 4) is 44.5 Å². The van der Waals surface area contributed by atoms with Gasteiger partial charge in [0, 0.05) is 34.1 Å². The minimum atomic E-state index is -0.697. The van der Waals surface area contributed by atoms with Crippen LogP contribution in [0.15, 0.2) is 298 Å². The van der Waals surface area contributed by atoms with Crippen LogP contribution in [0.2, 0.25) is 0 Å². The van der Waals surface area contributed by atoms with Gasteiger partial charge in [0.15, 0.2) is 0 Å². The number of nitrogens with zero attached hydrogens (tertiary/aromatic N) is 2. The molecule has 2 spiro atoms. The molecule has 0 aliphatic heterocycles. The Kier molecular flexibility index (Phi) is 9.65. The Balaban J connectivity index is 0.926. The normalized spacial score (nSPS) is 13.6. The first-order valence-corrected chi connectivity index (χ1v) is 27.1. The van der Waals surface area contributed by atoms with Gasteiger partial charge in [0.2, 0.25) is 0 Å². The van der Waals surface area contributed by atoms with Gasteiger partial charge in [-0.3, -0.25) is 0 Å². The predicted octanol–water partition coefficient (Wildman–Crippen LogP) is 19.4. The molecule has 0 aromatic heterocycles. The van der Waals surface area contributed by atoms with E-state index in [2.05, 4.69) is 301 Å². The van der Waals surface area contributed by atoms with Crippen molar-refractivity contribution in [1.29, 1.82) is 0 Å². The number of para-hydroxylation sites is 4. The summed E-state index contributed by atoms with van der Waals surface area (Å²) in [5.41, 5.74) is 29.2. The maximum Gasteiger partial charge on any atom is 0.0727 e. The summed E-state index contributed by atoms with van der Waals surface area (Å²) >= 11 is 0. The van der Waals surface area contributed by atoms with E-state index in [-0.39, 0.29) is 0 Å². The SMILES string of the molecule is C=C(c1ccc2c(c1)C1(c3ccccc3-c3ccccc31)c1ccccc1-2)c1ccc2c(c1)C1(c3ccccc3-2)c2cc(N(c3ccccc3)c3ccccc3)ccc2-c2ccc(N(c3ccccc3)c3ccccc3)cc21. The standard InChI is InChI=1S/C76H50N2/c1-50(51-38-42-63-61-32-16-20-36-69(61)75(71(63)46-51)67-34-18-14-30-59(67)60-31-15-19-35-68(60)75)52-39-43-64-62-33-17-21-37-70(62)76(72(64)47-52)73-48-57(77(53-22-6-2-7-23-53)54-24-8-3-9-25-54)40-44-65(73)66-45-41-58(49-74(66)76)78(55-26-10-4-11-27-55)56-28-12-5-13-29-56/h2-49H,1H2. The maximum atomic E-state index is 5.05. The van der Waals surface area contributed by atoms with E-state index in [1.54, 1.807) is 0 Å². The molecule has 0 saturated carbocycles. The molecule has 0 unspecified atom stereocenters. The highest BCUT2D eigenvalue weighted by molar-refractivity contribution is 6.00. The van der Waals surface area contributed by atoms with E-state index in [9.17, 15) is 0 Å². The summed E-state index contributed by atoms with van der Waals surface area (Å²) in [6.45, 7) is 5.05. The van der Waals surface area contributed by atoms with E-state index in [1.165, 1.54) is 89.0 Å². The Morgan fingerprint density at radius 3 is 0.782 bits per heavy atom. The summed E-state index contributed by atoms with van der Waals surface area (Å²) in [6, 6.07) is 108. The van der Waals surface area contributed by atoms with Gasteiger partial charge in [-0.05, 0) is 191 Å². The van der Waals surface area contributed by atoms with Gasteiger partial charge in [-0.15, -0.1) is 0 Å². The second-order valence-corrected chi connectivity index (χ2v) is 21.2. The molecule has 78 heavy (non-hydrogen) atoms. The molecule has 2 heteroatoms. The molecular weight excluding hydrogens is 941 g/mol. The number of hydrogen-bond donors (Lipinski definition) is 0. The zero-order valence-corrected chi connectivity index (χ0v) is 42.8. The molecule has 0 bridgehead atoms. The Bertz CT molecular complexity index is 4130. The zero-order valence-electron chi connectivity index (χ0n) is 42.8. The molecule has 0 amide bonds. The van der Waals surface area contributed by atoms with E-state index in [0.29, 0.717) is 0 Å². The minimum Gasteiger partial charge on any atom is -0.310 e. The quantitative estimate of drug-likeness (QED) is 0.150. The van der Waals surface area contributed by atoms with Gasteiger partial charge in [0.25, 0.3) is 0 Å². The molecule has 0 atom stereocenters. The molecule has 0 saturated heterocycles. The smallest absolute Gasteiger partial charge is 0.0727 e. The van der Waals surface area contributed by atoms with Crippen molar-refractivity contribution in [3.63, 3.8) is 0 Å². The molecule has 0 heterocycles. The van der Waals surface area contributed by atoms with Crippen LogP contribution in [0.4, 0.5) is 34.1 Å². The van der Waals surface area contributed by atoms with Crippen LogP contribution in [0.3, 0.4) is 0 Å². The maximum absolute atomic E-state index is 5.05. The summed E-state index contributed by atoms with van der Waals surface area (Å²) in [5.74, 6) is 0. The molecule has 12 aromatic carbocycles. The first kappa shape index (κ1) is 44.3. The Hall–Kier alpha value is -10.0. The molecular formula is C76H50N2. The second-order valence-electron chi connectivity index (χ2n) is 21.2. The molecule has 16 rings (SSSR count). The fourth-order valence-electron chi connectivity index (χ4n) is 14.3. The van der Waals surface area contributed by atoms with E-state index in [4.69, 9.17) is 6.58 Å². The van der Waals surface area contributed by atoms with Crippen LogP contribution >= 0.6 is 0 Å². The molecule has 364 valence electrons. The summed E-state index contributed by atoms with van der Waals surface area (Å²) < 4.78 is 0. The van der Waals surface area contributed by atoms with Crippen molar-refractivity contribution in [3.05, 3.63) is 353 Å². The van der Waals surface area contributed by atoms with Gasteiger partial charge in [0.05, 0.1) is 10.8 Å². The van der Waals surface area contributed by atoms with Crippen LogP contribution in [-0.4, -0.2) is 0 Å². The zero-order chi connectivity index (χ0) is 51.5. The topological polar surface area (TPSA) is 6.48 Å². The van der Waals surface area contributed by atoms with Gasteiger partial charge in [0.1, 0.15) is 0 Å². The average Bonchev–Trinajstić information content (AvgIpc) is 4.39. The van der Waals surface area contributed by atoms with Crippen molar-refractivity contribution < 1.29 is 0 Å².